The summed E-state index contributed by atoms with van der Waals surface area (Å²) < 4.78 is 9.21. The summed E-state index contributed by atoms with van der Waals surface area (Å²) in [4.78, 5) is 5.10. The number of aliphatic imine (C=N–C) groups is 1. The Hall–Kier alpha value is -6.79. The second kappa shape index (κ2) is 13.5. The van der Waals surface area contributed by atoms with E-state index in [-0.39, 0.29) is 12.3 Å². The molecule has 0 spiro atoms. The maximum atomic E-state index is 6.61. The van der Waals surface area contributed by atoms with Gasteiger partial charge in [-0.1, -0.05) is 146 Å². The van der Waals surface area contributed by atoms with Crippen LogP contribution in [0.4, 0.5) is 0 Å². The van der Waals surface area contributed by atoms with Crippen LogP contribution in [-0.2, 0) is 0 Å². The van der Waals surface area contributed by atoms with Crippen molar-refractivity contribution in [3.8, 4) is 33.4 Å². The third kappa shape index (κ3) is 5.77. The maximum absolute atomic E-state index is 6.61. The number of amidine groups is 1. The molecule has 8 aromatic carbocycles. The second-order valence-electron chi connectivity index (χ2n) is 14.4. The molecule has 56 heavy (non-hydrogen) atoms. The van der Waals surface area contributed by atoms with Gasteiger partial charge in [-0.25, -0.2) is 4.99 Å². The first-order valence-electron chi connectivity index (χ1n) is 19.0. The molecular formula is C51H35N3OS. The number of nitrogens with one attached hydrogen (secondary N) is 2. The van der Waals surface area contributed by atoms with Crippen molar-refractivity contribution in [2.45, 2.75) is 12.3 Å². The van der Waals surface area contributed by atoms with Crippen LogP contribution in [0.3, 0.4) is 0 Å². The van der Waals surface area contributed by atoms with Gasteiger partial charge in [0.15, 0.2) is 0 Å². The molecule has 1 aliphatic heterocycles. The van der Waals surface area contributed by atoms with Crippen LogP contribution in [0, 0.1) is 0 Å². The Morgan fingerprint density at radius 3 is 1.93 bits per heavy atom. The minimum absolute atomic E-state index is 0.153. The van der Waals surface area contributed by atoms with Crippen molar-refractivity contribution in [3.05, 3.63) is 205 Å². The highest BCUT2D eigenvalue weighted by molar-refractivity contribution is 7.25. The number of hydrogen-bond acceptors (Lipinski definition) is 5. The molecule has 266 valence electrons. The van der Waals surface area contributed by atoms with Crippen LogP contribution in [0.15, 0.2) is 197 Å². The van der Waals surface area contributed by atoms with Crippen molar-refractivity contribution in [2.24, 2.45) is 4.99 Å². The average Bonchev–Trinajstić information content (AvgIpc) is 3.84. The monoisotopic (exact) mass is 737 g/mol. The Labute approximate surface area is 328 Å². The van der Waals surface area contributed by atoms with Crippen LogP contribution in [0.25, 0.3) is 75.5 Å². The molecule has 11 rings (SSSR count). The van der Waals surface area contributed by atoms with Gasteiger partial charge in [-0.3, -0.25) is 5.32 Å². The molecule has 0 fully saturated rings. The van der Waals surface area contributed by atoms with Gasteiger partial charge in [0.25, 0.3) is 0 Å². The van der Waals surface area contributed by atoms with Gasteiger partial charge in [-0.2, -0.15) is 0 Å². The molecule has 2 atom stereocenters. The Kier molecular flexibility index (Phi) is 7.87. The number of fused-ring (bicyclic) bond motifs is 6. The van der Waals surface area contributed by atoms with Gasteiger partial charge in [0.1, 0.15) is 29.3 Å². The number of thiophene rings is 1. The Balaban J connectivity index is 0.943. The van der Waals surface area contributed by atoms with Crippen LogP contribution in [0.5, 0.6) is 0 Å². The summed E-state index contributed by atoms with van der Waals surface area (Å²) in [5.74, 6) is 0.871. The van der Waals surface area contributed by atoms with Crippen molar-refractivity contribution in [1.29, 1.82) is 0 Å². The summed E-state index contributed by atoms with van der Waals surface area (Å²) in [7, 11) is 0. The van der Waals surface area contributed by atoms with E-state index in [2.05, 4.69) is 187 Å². The van der Waals surface area contributed by atoms with E-state index in [4.69, 9.17) is 9.41 Å². The lowest BCUT2D eigenvalue weighted by molar-refractivity contribution is 0.409. The first-order chi connectivity index (χ1) is 27.7. The topological polar surface area (TPSA) is 49.6 Å². The number of rotatable bonds is 6. The fourth-order valence-corrected chi connectivity index (χ4v) is 9.30. The molecule has 0 saturated heterocycles. The molecule has 0 aliphatic carbocycles. The number of hydrogen-bond donors (Lipinski definition) is 2. The van der Waals surface area contributed by atoms with Crippen LogP contribution in [0.1, 0.15) is 29.0 Å². The van der Waals surface area contributed by atoms with Crippen molar-refractivity contribution in [3.63, 3.8) is 0 Å². The van der Waals surface area contributed by atoms with Gasteiger partial charge < -0.3 is 9.73 Å². The van der Waals surface area contributed by atoms with Crippen molar-refractivity contribution < 1.29 is 4.42 Å². The molecule has 5 heteroatoms. The van der Waals surface area contributed by atoms with Crippen molar-refractivity contribution in [2.75, 3.05) is 0 Å². The molecule has 0 amide bonds. The largest absolute Gasteiger partial charge is 0.456 e. The maximum Gasteiger partial charge on any atom is 0.136 e. The molecule has 2 unspecified atom stereocenters. The van der Waals surface area contributed by atoms with E-state index in [0.717, 1.165) is 61.2 Å². The summed E-state index contributed by atoms with van der Waals surface area (Å²) in [6.07, 6.45) is -0.345. The van der Waals surface area contributed by atoms with Crippen LogP contribution in [0.2, 0.25) is 0 Å². The fourth-order valence-electron chi connectivity index (χ4n) is 8.18. The highest BCUT2D eigenvalue weighted by Crippen LogP contribution is 2.41. The smallest absolute Gasteiger partial charge is 0.136 e. The Morgan fingerprint density at radius 2 is 1.11 bits per heavy atom. The zero-order valence-corrected chi connectivity index (χ0v) is 31.1. The van der Waals surface area contributed by atoms with Crippen molar-refractivity contribution in [1.82, 2.24) is 10.6 Å². The lowest BCUT2D eigenvalue weighted by Gasteiger charge is -2.32. The molecule has 0 bridgehead atoms. The zero-order valence-electron chi connectivity index (χ0n) is 30.3. The van der Waals surface area contributed by atoms with E-state index >= 15 is 0 Å². The predicted octanol–water partition coefficient (Wildman–Crippen LogP) is 13.3. The Morgan fingerprint density at radius 1 is 0.446 bits per heavy atom. The van der Waals surface area contributed by atoms with Gasteiger partial charge in [0.05, 0.1) is 0 Å². The van der Waals surface area contributed by atoms with E-state index in [1.165, 1.54) is 36.9 Å². The molecule has 4 nitrogen and oxygen atoms in total. The first kappa shape index (κ1) is 32.6. The van der Waals surface area contributed by atoms with E-state index in [1.54, 1.807) is 0 Å². The molecule has 0 radical (unpaired) electrons. The quantitative estimate of drug-likeness (QED) is 0.179. The molecule has 1 aliphatic rings. The zero-order chi connectivity index (χ0) is 37.0. The number of benzene rings is 8. The molecule has 0 saturated carbocycles. The summed E-state index contributed by atoms with van der Waals surface area (Å²) in [6.45, 7) is 0. The molecule has 2 aromatic heterocycles. The normalized spacial score (nSPS) is 15.7. The minimum atomic E-state index is -0.191. The highest BCUT2D eigenvalue weighted by Gasteiger charge is 2.26. The van der Waals surface area contributed by atoms with Gasteiger partial charge in [0.2, 0.25) is 0 Å². The Bertz CT molecular complexity index is 3090. The lowest BCUT2D eigenvalue weighted by atomic mass is 9.96. The summed E-state index contributed by atoms with van der Waals surface area (Å²) in [5, 5.41) is 12.3. The van der Waals surface area contributed by atoms with Gasteiger partial charge in [-0.05, 0) is 87.0 Å². The standard InChI is InChI=1S/C51H35N3OS/c1-4-12-32(13-5-1)37-22-25-41-43-29-35(24-27-46(43)56-47(41)31-37)36-23-26-42-45(30-36)55-44-21-11-20-40(48(42)44)38-18-10-19-39(28-38)51-53-49(33-14-6-2-7-15-33)52-50(54-51)34-16-8-3-9-17-34/h1-31,49,51,53H,(H,52,54). The van der Waals surface area contributed by atoms with E-state index in [1.807, 2.05) is 23.5 Å². The van der Waals surface area contributed by atoms with Crippen LogP contribution in [-0.4, -0.2) is 5.84 Å². The van der Waals surface area contributed by atoms with Gasteiger partial charge >= 0.3 is 0 Å². The van der Waals surface area contributed by atoms with Crippen molar-refractivity contribution >= 4 is 59.3 Å². The third-order valence-electron chi connectivity index (χ3n) is 11.0. The third-order valence-corrected chi connectivity index (χ3v) is 12.1. The molecule has 10 aromatic rings. The SMILES string of the molecule is c1ccc(C2=NC(c3ccccc3)NC(c3cccc(-c4cccc5oc6cc(-c7ccc8sc9cc(-c%10ccccc%10)ccc9c8c7)ccc6c45)c3)N2)cc1. The highest BCUT2D eigenvalue weighted by atomic mass is 32.1. The van der Waals surface area contributed by atoms with E-state index in [0.29, 0.717) is 0 Å². The van der Waals surface area contributed by atoms with Crippen LogP contribution >= 0.6 is 11.3 Å². The fraction of sp³-hybridized carbons (Fsp3) is 0.0392. The summed E-state index contributed by atoms with van der Waals surface area (Å²) >= 11 is 1.86. The van der Waals surface area contributed by atoms with Gasteiger partial charge in [-0.15, -0.1) is 11.3 Å². The first-order valence-corrected chi connectivity index (χ1v) is 19.8. The lowest BCUT2D eigenvalue weighted by Crippen LogP contribution is -2.44. The number of nitrogens with zero attached hydrogens (tertiary/aromatic N) is 1. The predicted molar refractivity (Wildman–Crippen MR) is 234 cm³/mol. The van der Waals surface area contributed by atoms with E-state index < -0.39 is 0 Å². The molecule has 3 heterocycles. The number of furan rings is 1. The summed E-state index contributed by atoms with van der Waals surface area (Å²) in [6, 6.07) is 66.9. The average molecular weight is 738 g/mol. The van der Waals surface area contributed by atoms with Gasteiger partial charge in [0, 0.05) is 36.5 Å². The minimum Gasteiger partial charge on any atom is -0.456 e. The molecular weight excluding hydrogens is 703 g/mol. The molecule has 2 N–H and O–H groups in total. The summed E-state index contributed by atoms with van der Waals surface area (Å²) in [5.41, 5.74) is 12.2. The van der Waals surface area contributed by atoms with Crippen LogP contribution < -0.4 is 10.6 Å². The van der Waals surface area contributed by atoms with E-state index in [9.17, 15) is 0 Å². The second-order valence-corrected chi connectivity index (χ2v) is 15.5.